The van der Waals surface area contributed by atoms with Crippen LogP contribution < -0.4 is 10.2 Å². The molecule has 0 N–H and O–H groups in total. The monoisotopic (exact) mass is 287 g/mol. The minimum absolute atomic E-state index is 0.123. The molecule has 2 aromatic rings. The molecule has 3 rings (SSSR count). The van der Waals surface area contributed by atoms with Crippen molar-refractivity contribution in [2.45, 2.75) is 53.0 Å². The Morgan fingerprint density at radius 2 is 1.90 bits per heavy atom. The maximum Gasteiger partial charge on any atom is 0.193 e. The Morgan fingerprint density at radius 1 is 1.24 bits per heavy atom. The van der Waals surface area contributed by atoms with Crippen molar-refractivity contribution in [2.24, 2.45) is 0 Å². The van der Waals surface area contributed by atoms with Crippen LogP contribution >= 0.6 is 0 Å². The van der Waals surface area contributed by atoms with Crippen molar-refractivity contribution in [3.8, 4) is 5.75 Å². The first-order valence-corrected chi connectivity index (χ1v) is 7.71. The minimum Gasteiger partial charge on any atom is -0.489 e. The van der Waals surface area contributed by atoms with Gasteiger partial charge in [-0.05, 0) is 24.5 Å². The zero-order valence-electron chi connectivity index (χ0n) is 13.9. The molecule has 21 heavy (non-hydrogen) atoms. The summed E-state index contributed by atoms with van der Waals surface area (Å²) in [4.78, 5) is 12.7. The average molecular weight is 287 g/mol. The van der Waals surface area contributed by atoms with Crippen molar-refractivity contribution in [2.75, 3.05) is 6.61 Å². The van der Waals surface area contributed by atoms with Crippen molar-refractivity contribution >= 4 is 10.9 Å². The molecule has 3 nitrogen and oxygen atoms in total. The fourth-order valence-corrected chi connectivity index (χ4v) is 2.67. The molecule has 114 valence electrons. The van der Waals surface area contributed by atoms with Crippen LogP contribution in [0.2, 0.25) is 0 Å². The van der Waals surface area contributed by atoms with Gasteiger partial charge in [-0.3, -0.25) is 4.79 Å². The van der Waals surface area contributed by atoms with Crippen molar-refractivity contribution in [1.82, 2.24) is 4.57 Å². The molecule has 1 aromatic heterocycles. The van der Waals surface area contributed by atoms with E-state index in [2.05, 4.69) is 32.3 Å². The molecule has 0 spiro atoms. The lowest BCUT2D eigenvalue weighted by molar-refractivity contribution is 0.246. The van der Waals surface area contributed by atoms with E-state index in [1.165, 1.54) is 0 Å². The highest BCUT2D eigenvalue weighted by atomic mass is 16.5. The van der Waals surface area contributed by atoms with Crippen molar-refractivity contribution < 1.29 is 4.74 Å². The number of rotatable bonds is 0. The van der Waals surface area contributed by atoms with Crippen molar-refractivity contribution in [3.63, 3.8) is 0 Å². The standard InChI is InChI=1S/C16H19NO2.C2H6/c1-10-9-19-13-7-5-6-11-14(13)17(10)8-12(15(11)18)16(2,3)4;1-2/h5-8,10H,9H2,1-4H3;1-2H3. The summed E-state index contributed by atoms with van der Waals surface area (Å²) in [6, 6.07) is 5.97. The highest BCUT2D eigenvalue weighted by Crippen LogP contribution is 2.33. The van der Waals surface area contributed by atoms with Gasteiger partial charge in [0, 0.05) is 17.1 Å². The Hall–Kier alpha value is -1.77. The van der Waals surface area contributed by atoms with Gasteiger partial charge in [-0.1, -0.05) is 40.7 Å². The molecule has 0 saturated heterocycles. The number of benzene rings is 1. The molecular formula is C18H25NO2. The van der Waals surface area contributed by atoms with E-state index in [1.54, 1.807) is 0 Å². The van der Waals surface area contributed by atoms with E-state index >= 15 is 0 Å². The van der Waals surface area contributed by atoms with Gasteiger partial charge in [-0.2, -0.15) is 0 Å². The van der Waals surface area contributed by atoms with Gasteiger partial charge in [0.05, 0.1) is 11.6 Å². The van der Waals surface area contributed by atoms with Crippen LogP contribution in [0.1, 0.15) is 53.1 Å². The van der Waals surface area contributed by atoms with E-state index < -0.39 is 0 Å². The molecule has 0 bridgehead atoms. The number of para-hydroxylation sites is 1. The highest BCUT2D eigenvalue weighted by molar-refractivity contribution is 5.86. The third-order valence-electron chi connectivity index (χ3n) is 3.78. The largest absolute Gasteiger partial charge is 0.489 e. The van der Waals surface area contributed by atoms with Gasteiger partial charge in [-0.25, -0.2) is 0 Å². The van der Waals surface area contributed by atoms with E-state index in [9.17, 15) is 4.79 Å². The average Bonchev–Trinajstić information content (AvgIpc) is 2.46. The number of ether oxygens (including phenoxy) is 1. The molecule has 2 heterocycles. The molecule has 0 amide bonds. The lowest BCUT2D eigenvalue weighted by Crippen LogP contribution is -2.29. The Labute approximate surface area is 126 Å². The molecule has 1 unspecified atom stereocenters. The Morgan fingerprint density at radius 3 is 2.52 bits per heavy atom. The molecule has 0 aliphatic carbocycles. The first-order valence-electron chi connectivity index (χ1n) is 7.71. The van der Waals surface area contributed by atoms with Crippen LogP contribution in [0.3, 0.4) is 0 Å². The highest BCUT2D eigenvalue weighted by Gasteiger charge is 2.25. The van der Waals surface area contributed by atoms with Gasteiger partial charge in [0.15, 0.2) is 5.43 Å². The predicted molar refractivity (Wildman–Crippen MR) is 88.5 cm³/mol. The zero-order chi connectivity index (χ0) is 15.8. The van der Waals surface area contributed by atoms with Gasteiger partial charge in [-0.15, -0.1) is 0 Å². The van der Waals surface area contributed by atoms with E-state index in [0.717, 1.165) is 22.2 Å². The van der Waals surface area contributed by atoms with Crippen molar-refractivity contribution in [1.29, 1.82) is 0 Å². The lowest BCUT2D eigenvalue weighted by atomic mass is 9.86. The maximum absolute atomic E-state index is 12.7. The predicted octanol–water partition coefficient (Wildman–Crippen LogP) is 4.28. The SMILES string of the molecule is CC.CC1COc2cccc3c(=O)c(C(C)(C)C)cn1c23. The Bertz CT molecular complexity index is 707. The molecule has 0 saturated carbocycles. The third-order valence-corrected chi connectivity index (χ3v) is 3.78. The Kier molecular flexibility index (Phi) is 4.13. The molecular weight excluding hydrogens is 262 g/mol. The van der Waals surface area contributed by atoms with Crippen LogP contribution in [0.4, 0.5) is 0 Å². The van der Waals surface area contributed by atoms with Gasteiger partial charge in [0.2, 0.25) is 0 Å². The number of aromatic nitrogens is 1. The number of nitrogens with zero attached hydrogens (tertiary/aromatic N) is 1. The summed E-state index contributed by atoms with van der Waals surface area (Å²) < 4.78 is 7.92. The molecule has 3 heteroatoms. The quantitative estimate of drug-likeness (QED) is 0.724. The summed E-state index contributed by atoms with van der Waals surface area (Å²) in [7, 11) is 0. The van der Waals surface area contributed by atoms with E-state index in [1.807, 2.05) is 38.2 Å². The number of hydrogen-bond donors (Lipinski definition) is 0. The minimum atomic E-state index is -0.150. The summed E-state index contributed by atoms with van der Waals surface area (Å²) in [5.74, 6) is 0.813. The number of pyridine rings is 1. The fraction of sp³-hybridized carbons (Fsp3) is 0.500. The molecule has 1 aromatic carbocycles. The van der Waals surface area contributed by atoms with Gasteiger partial charge < -0.3 is 9.30 Å². The zero-order valence-corrected chi connectivity index (χ0v) is 13.9. The van der Waals surface area contributed by atoms with E-state index in [0.29, 0.717) is 6.61 Å². The molecule has 1 aliphatic heterocycles. The van der Waals surface area contributed by atoms with Gasteiger partial charge in [0.25, 0.3) is 0 Å². The van der Waals surface area contributed by atoms with Crippen LogP contribution in [0.25, 0.3) is 10.9 Å². The first-order chi connectivity index (χ1) is 9.89. The fourth-order valence-electron chi connectivity index (χ4n) is 2.67. The Balaban J connectivity index is 0.000000774. The summed E-state index contributed by atoms with van der Waals surface area (Å²) in [5.41, 5.74) is 1.77. The molecule has 0 radical (unpaired) electrons. The smallest absolute Gasteiger partial charge is 0.193 e. The maximum atomic E-state index is 12.7. The van der Waals surface area contributed by atoms with Crippen LogP contribution in [0.15, 0.2) is 29.2 Å². The second kappa shape index (κ2) is 5.55. The van der Waals surface area contributed by atoms with Crippen LogP contribution in [0.5, 0.6) is 5.75 Å². The van der Waals surface area contributed by atoms with Crippen LogP contribution in [0, 0.1) is 0 Å². The second-order valence-electron chi connectivity index (χ2n) is 6.34. The summed E-state index contributed by atoms with van der Waals surface area (Å²) in [5, 5.41) is 0.761. The van der Waals surface area contributed by atoms with Crippen molar-refractivity contribution in [3.05, 3.63) is 40.2 Å². The second-order valence-corrected chi connectivity index (χ2v) is 6.34. The van der Waals surface area contributed by atoms with Gasteiger partial charge in [0.1, 0.15) is 12.4 Å². The van der Waals surface area contributed by atoms with Crippen LogP contribution in [-0.4, -0.2) is 11.2 Å². The lowest BCUT2D eigenvalue weighted by Gasteiger charge is -2.29. The molecule has 1 aliphatic rings. The topological polar surface area (TPSA) is 31.2 Å². The first kappa shape index (κ1) is 15.6. The van der Waals surface area contributed by atoms with E-state index in [4.69, 9.17) is 4.74 Å². The molecule has 0 fully saturated rings. The normalized spacial score (nSPS) is 17.0. The summed E-state index contributed by atoms with van der Waals surface area (Å²) in [6.45, 7) is 13.0. The third kappa shape index (κ3) is 2.57. The van der Waals surface area contributed by atoms with Crippen LogP contribution in [-0.2, 0) is 5.41 Å². The van der Waals surface area contributed by atoms with E-state index in [-0.39, 0.29) is 16.9 Å². The summed E-state index contributed by atoms with van der Waals surface area (Å²) in [6.07, 6.45) is 2.02. The number of hydrogen-bond acceptors (Lipinski definition) is 2. The molecule has 1 atom stereocenters. The summed E-state index contributed by atoms with van der Waals surface area (Å²) >= 11 is 0. The van der Waals surface area contributed by atoms with Gasteiger partial charge >= 0.3 is 0 Å².